The molecule has 0 bridgehead atoms. The zero-order chi connectivity index (χ0) is 14.3. The van der Waals surface area contributed by atoms with Gasteiger partial charge in [0.2, 0.25) is 0 Å². The number of aliphatic hydroxyl groups excluding tert-OH is 1. The predicted molar refractivity (Wildman–Crippen MR) is 61.3 cm³/mol. The molecule has 0 aliphatic rings. The van der Waals surface area contributed by atoms with E-state index in [1.54, 1.807) is 30.3 Å². The van der Waals surface area contributed by atoms with Gasteiger partial charge in [-0.2, -0.15) is 18.4 Å². The quantitative estimate of drug-likeness (QED) is 0.827. The number of para-hydroxylation sites is 1. The van der Waals surface area contributed by atoms with Crippen molar-refractivity contribution in [3.8, 4) is 11.8 Å². The van der Waals surface area contributed by atoms with Gasteiger partial charge in [0.1, 0.15) is 11.8 Å². The first-order valence-electron chi connectivity index (χ1n) is 5.48. The summed E-state index contributed by atoms with van der Waals surface area (Å²) in [6.07, 6.45) is -7.04. The predicted octanol–water partition coefficient (Wildman–Crippen LogP) is 1.60. The number of nitrogens with zero attached hydrogens (tertiary/aromatic N) is 1. The molecule has 0 saturated carbocycles. The van der Waals surface area contributed by atoms with E-state index in [-0.39, 0.29) is 13.2 Å². The Balaban J connectivity index is 2.51. The van der Waals surface area contributed by atoms with Gasteiger partial charge in [-0.1, -0.05) is 18.2 Å². The van der Waals surface area contributed by atoms with Crippen LogP contribution in [0, 0.1) is 11.3 Å². The Morgan fingerprint density at radius 3 is 2.68 bits per heavy atom. The molecule has 0 radical (unpaired) electrons. The first-order chi connectivity index (χ1) is 8.95. The maximum atomic E-state index is 12.1. The van der Waals surface area contributed by atoms with Crippen molar-refractivity contribution in [1.82, 2.24) is 5.32 Å². The first-order valence-corrected chi connectivity index (χ1v) is 5.48. The number of aliphatic hydroxyl groups is 1. The van der Waals surface area contributed by atoms with Gasteiger partial charge in [-0.15, -0.1) is 0 Å². The van der Waals surface area contributed by atoms with Crippen LogP contribution in [-0.4, -0.2) is 30.5 Å². The van der Waals surface area contributed by atoms with Crippen LogP contribution >= 0.6 is 0 Å². The SMILES string of the molecule is N#CCOc1ccccc1CNCC(O)C(F)(F)F. The van der Waals surface area contributed by atoms with E-state index >= 15 is 0 Å². The molecule has 0 amide bonds. The maximum Gasteiger partial charge on any atom is 0.415 e. The molecule has 1 aromatic rings. The van der Waals surface area contributed by atoms with Gasteiger partial charge in [0.05, 0.1) is 0 Å². The van der Waals surface area contributed by atoms with Crippen LogP contribution in [0.4, 0.5) is 13.2 Å². The molecular weight excluding hydrogens is 261 g/mol. The van der Waals surface area contributed by atoms with E-state index in [1.807, 2.05) is 0 Å². The third-order valence-corrected chi connectivity index (χ3v) is 2.30. The number of rotatable bonds is 6. The minimum absolute atomic E-state index is 0.106. The smallest absolute Gasteiger partial charge is 0.415 e. The van der Waals surface area contributed by atoms with Crippen molar-refractivity contribution in [2.45, 2.75) is 18.8 Å². The van der Waals surface area contributed by atoms with Crippen LogP contribution in [0.3, 0.4) is 0 Å². The Kier molecular flexibility index (Phi) is 5.60. The molecule has 4 nitrogen and oxygen atoms in total. The van der Waals surface area contributed by atoms with Crippen LogP contribution in [0.1, 0.15) is 5.56 Å². The number of alkyl halides is 3. The molecule has 0 aliphatic heterocycles. The van der Waals surface area contributed by atoms with Crippen LogP contribution in [-0.2, 0) is 6.54 Å². The van der Waals surface area contributed by atoms with Crippen molar-refractivity contribution in [2.75, 3.05) is 13.2 Å². The van der Waals surface area contributed by atoms with Crippen LogP contribution in [0.2, 0.25) is 0 Å². The summed E-state index contributed by atoms with van der Waals surface area (Å²) in [6, 6.07) is 8.49. The summed E-state index contributed by atoms with van der Waals surface area (Å²) in [4.78, 5) is 0. The molecule has 0 spiro atoms. The third-order valence-electron chi connectivity index (χ3n) is 2.30. The molecule has 7 heteroatoms. The lowest BCUT2D eigenvalue weighted by molar-refractivity contribution is -0.201. The first kappa shape index (κ1) is 15.3. The fraction of sp³-hybridized carbons (Fsp3) is 0.417. The number of ether oxygens (including phenoxy) is 1. The van der Waals surface area contributed by atoms with Gasteiger partial charge >= 0.3 is 6.18 Å². The summed E-state index contributed by atoms with van der Waals surface area (Å²) in [5, 5.41) is 19.7. The van der Waals surface area contributed by atoms with E-state index in [1.165, 1.54) is 0 Å². The van der Waals surface area contributed by atoms with Gasteiger partial charge in [0.15, 0.2) is 12.7 Å². The second-order valence-electron chi connectivity index (χ2n) is 3.74. The third kappa shape index (κ3) is 5.16. The van der Waals surface area contributed by atoms with Crippen LogP contribution in [0.25, 0.3) is 0 Å². The normalized spacial score (nSPS) is 12.8. The summed E-state index contributed by atoms with van der Waals surface area (Å²) in [7, 11) is 0. The van der Waals surface area contributed by atoms with Crippen LogP contribution < -0.4 is 10.1 Å². The van der Waals surface area contributed by atoms with Crippen LogP contribution in [0.5, 0.6) is 5.75 Å². The van der Waals surface area contributed by atoms with E-state index in [4.69, 9.17) is 15.1 Å². The van der Waals surface area contributed by atoms with Gasteiger partial charge in [-0.05, 0) is 6.07 Å². The Hall–Kier alpha value is -1.78. The highest BCUT2D eigenvalue weighted by molar-refractivity contribution is 5.33. The second kappa shape index (κ2) is 6.97. The highest BCUT2D eigenvalue weighted by Crippen LogP contribution is 2.20. The Morgan fingerprint density at radius 2 is 2.05 bits per heavy atom. The fourth-order valence-electron chi connectivity index (χ4n) is 1.36. The standard InChI is InChI=1S/C12H13F3N2O2/c13-12(14,15)11(18)8-17-7-9-3-1-2-4-10(9)19-6-5-16/h1-4,11,17-18H,6-8H2. The summed E-state index contributed by atoms with van der Waals surface area (Å²) in [5.41, 5.74) is 0.618. The number of hydrogen-bond donors (Lipinski definition) is 2. The van der Waals surface area contributed by atoms with Crippen molar-refractivity contribution in [3.63, 3.8) is 0 Å². The van der Waals surface area contributed by atoms with Gasteiger partial charge in [0, 0.05) is 18.7 Å². The van der Waals surface area contributed by atoms with Gasteiger partial charge < -0.3 is 15.2 Å². The number of hydrogen-bond acceptors (Lipinski definition) is 4. The average molecular weight is 274 g/mol. The zero-order valence-electron chi connectivity index (χ0n) is 9.94. The summed E-state index contributed by atoms with van der Waals surface area (Å²) < 4.78 is 41.3. The maximum absolute atomic E-state index is 12.1. The van der Waals surface area contributed by atoms with Crippen molar-refractivity contribution in [3.05, 3.63) is 29.8 Å². The molecule has 19 heavy (non-hydrogen) atoms. The topological polar surface area (TPSA) is 65.3 Å². The molecule has 1 atom stereocenters. The van der Waals surface area contributed by atoms with Crippen molar-refractivity contribution >= 4 is 0 Å². The highest BCUT2D eigenvalue weighted by atomic mass is 19.4. The van der Waals surface area contributed by atoms with Crippen molar-refractivity contribution < 1.29 is 23.0 Å². The van der Waals surface area contributed by atoms with Crippen LogP contribution in [0.15, 0.2) is 24.3 Å². The second-order valence-corrected chi connectivity index (χ2v) is 3.74. The monoisotopic (exact) mass is 274 g/mol. The Labute approximate surface area is 108 Å². The van der Waals surface area contributed by atoms with E-state index in [9.17, 15) is 13.2 Å². The zero-order valence-corrected chi connectivity index (χ0v) is 9.94. The van der Waals surface area contributed by atoms with Gasteiger partial charge in [0.25, 0.3) is 0 Å². The average Bonchev–Trinajstić information content (AvgIpc) is 2.36. The molecule has 1 unspecified atom stereocenters. The molecule has 0 heterocycles. The van der Waals surface area contributed by atoms with E-state index in [0.717, 1.165) is 0 Å². The minimum atomic E-state index is -4.64. The molecular formula is C12H13F3N2O2. The van der Waals surface area contributed by atoms with E-state index in [0.29, 0.717) is 11.3 Å². The number of nitriles is 1. The summed E-state index contributed by atoms with van der Waals surface area (Å²) in [5.74, 6) is 0.429. The summed E-state index contributed by atoms with van der Waals surface area (Å²) >= 11 is 0. The molecule has 1 rings (SSSR count). The molecule has 104 valence electrons. The molecule has 0 saturated heterocycles. The number of benzene rings is 1. The molecule has 0 aliphatic carbocycles. The summed E-state index contributed by atoms with van der Waals surface area (Å²) in [6.45, 7) is -0.632. The highest BCUT2D eigenvalue weighted by Gasteiger charge is 2.37. The lowest BCUT2D eigenvalue weighted by atomic mass is 10.2. The molecule has 2 N–H and O–H groups in total. The molecule has 0 aromatic heterocycles. The van der Waals surface area contributed by atoms with E-state index in [2.05, 4.69) is 5.32 Å². The lowest BCUT2D eigenvalue weighted by Gasteiger charge is -2.16. The Bertz CT molecular complexity index is 443. The van der Waals surface area contributed by atoms with Gasteiger partial charge in [-0.3, -0.25) is 0 Å². The Morgan fingerprint density at radius 1 is 1.37 bits per heavy atom. The largest absolute Gasteiger partial charge is 0.478 e. The fourth-order valence-corrected chi connectivity index (χ4v) is 1.36. The lowest BCUT2D eigenvalue weighted by Crippen LogP contribution is -2.38. The van der Waals surface area contributed by atoms with Gasteiger partial charge in [-0.25, -0.2) is 0 Å². The van der Waals surface area contributed by atoms with Crippen molar-refractivity contribution in [2.24, 2.45) is 0 Å². The molecule has 0 fully saturated rings. The number of halogens is 3. The molecule has 1 aromatic carbocycles. The number of nitrogens with one attached hydrogen (secondary N) is 1. The van der Waals surface area contributed by atoms with E-state index < -0.39 is 18.8 Å². The minimum Gasteiger partial charge on any atom is -0.478 e. The van der Waals surface area contributed by atoms with Crippen molar-refractivity contribution in [1.29, 1.82) is 5.26 Å².